The molecular weight excluding hydrogens is 601 g/mol. The van der Waals surface area contributed by atoms with E-state index in [0.29, 0.717) is 5.71 Å². The second kappa shape index (κ2) is 11.0. The maximum Gasteiger partial charge on any atom is 0.227 e. The Balaban J connectivity index is 1.11. The fourth-order valence-electron chi connectivity index (χ4n) is 7.17. The topological polar surface area (TPSA) is 42.4 Å². The van der Waals surface area contributed by atoms with Crippen molar-refractivity contribution in [3.63, 3.8) is 0 Å². The van der Waals surface area contributed by atoms with E-state index in [-0.39, 0.29) is 0 Å². The zero-order valence-corrected chi connectivity index (χ0v) is 26.4. The molecule has 0 radical (unpaired) electrons. The fourth-order valence-corrected chi connectivity index (χ4v) is 7.17. The van der Waals surface area contributed by atoms with E-state index in [2.05, 4.69) is 149 Å². The summed E-state index contributed by atoms with van der Waals surface area (Å²) >= 11 is 0. The lowest BCUT2D eigenvalue weighted by Gasteiger charge is -2.26. The molecule has 0 spiro atoms. The Morgan fingerprint density at radius 2 is 1.08 bits per heavy atom. The van der Waals surface area contributed by atoms with Gasteiger partial charge in [0.2, 0.25) is 5.71 Å². The summed E-state index contributed by atoms with van der Waals surface area (Å²) in [5, 5.41) is 6.59. The summed E-state index contributed by atoms with van der Waals surface area (Å²) in [7, 11) is 0. The Kier molecular flexibility index (Phi) is 6.15. The van der Waals surface area contributed by atoms with Crippen molar-refractivity contribution >= 4 is 71.8 Å². The third-order valence-corrected chi connectivity index (χ3v) is 9.54. The van der Waals surface area contributed by atoms with Gasteiger partial charge in [0.25, 0.3) is 0 Å². The summed E-state index contributed by atoms with van der Waals surface area (Å²) in [6, 6.07) is 57.3. The lowest BCUT2D eigenvalue weighted by atomic mass is 10.0. The zero-order valence-electron chi connectivity index (χ0n) is 26.4. The molecule has 3 aromatic heterocycles. The minimum absolute atomic E-state index is 0.647. The second-order valence-electron chi connectivity index (χ2n) is 12.4. The Hall–Kier alpha value is -6.65. The van der Waals surface area contributed by atoms with E-state index in [4.69, 9.17) is 8.83 Å². The van der Waals surface area contributed by atoms with E-state index in [1.807, 2.05) is 30.5 Å². The van der Waals surface area contributed by atoms with Crippen LogP contribution in [-0.2, 0) is 0 Å². The molecule has 4 heteroatoms. The van der Waals surface area contributed by atoms with Crippen molar-refractivity contribution in [2.45, 2.75) is 0 Å². The van der Waals surface area contributed by atoms with Crippen LogP contribution < -0.4 is 4.90 Å². The highest BCUT2D eigenvalue weighted by Gasteiger charge is 2.18. The van der Waals surface area contributed by atoms with Gasteiger partial charge in [0.15, 0.2) is 0 Å². The third-order valence-electron chi connectivity index (χ3n) is 9.54. The molecule has 10 aromatic rings. The maximum absolute atomic E-state index is 6.39. The molecule has 0 aliphatic rings. The van der Waals surface area contributed by atoms with Crippen molar-refractivity contribution in [1.29, 1.82) is 0 Å². The van der Waals surface area contributed by atoms with E-state index in [1.165, 1.54) is 11.1 Å². The molecule has 0 aliphatic heterocycles. The molecule has 230 valence electrons. The number of nitrogens with zero attached hydrogens (tertiary/aromatic N) is 2. The van der Waals surface area contributed by atoms with E-state index >= 15 is 0 Å². The number of benzene rings is 7. The molecule has 0 saturated heterocycles. The Bertz CT molecular complexity index is 2810. The predicted octanol–water partition coefficient (Wildman–Crippen LogP) is 12.8. The van der Waals surface area contributed by atoms with Crippen molar-refractivity contribution in [2.24, 2.45) is 0 Å². The molecule has 0 fully saturated rings. The van der Waals surface area contributed by atoms with Gasteiger partial charge in [0, 0.05) is 56.4 Å². The molecule has 10 rings (SSSR count). The summed E-state index contributed by atoms with van der Waals surface area (Å²) in [6.45, 7) is 0. The average molecular weight is 629 g/mol. The van der Waals surface area contributed by atoms with Crippen molar-refractivity contribution in [1.82, 2.24) is 4.98 Å². The molecule has 4 nitrogen and oxygen atoms in total. The van der Waals surface area contributed by atoms with E-state index in [0.717, 1.165) is 77.3 Å². The van der Waals surface area contributed by atoms with Crippen LogP contribution in [0, 0.1) is 0 Å². The molecule has 49 heavy (non-hydrogen) atoms. The number of rotatable bonds is 5. The van der Waals surface area contributed by atoms with Crippen molar-refractivity contribution in [2.75, 3.05) is 4.90 Å². The van der Waals surface area contributed by atoms with E-state index in [1.54, 1.807) is 0 Å². The van der Waals surface area contributed by atoms with Crippen LogP contribution in [0.25, 0.3) is 77.0 Å². The quantitative estimate of drug-likeness (QED) is 0.190. The largest absolute Gasteiger partial charge is 0.455 e. The highest BCUT2D eigenvalue weighted by atomic mass is 16.3. The summed E-state index contributed by atoms with van der Waals surface area (Å²) in [5.74, 6) is 0. The van der Waals surface area contributed by atoms with Crippen molar-refractivity contribution in [3.8, 4) is 22.3 Å². The van der Waals surface area contributed by atoms with Crippen molar-refractivity contribution < 1.29 is 8.83 Å². The van der Waals surface area contributed by atoms with Crippen LogP contribution in [0.4, 0.5) is 17.1 Å². The fraction of sp³-hybridized carbons (Fsp3) is 0. The molecule has 0 N–H and O–H groups in total. The summed E-state index contributed by atoms with van der Waals surface area (Å²) < 4.78 is 12.8. The van der Waals surface area contributed by atoms with Gasteiger partial charge in [-0.25, -0.2) is 4.98 Å². The van der Waals surface area contributed by atoms with Gasteiger partial charge in [-0.1, -0.05) is 115 Å². The number of hydrogen-bond acceptors (Lipinski definition) is 4. The first-order valence-corrected chi connectivity index (χ1v) is 16.4. The normalized spacial score (nSPS) is 11.7. The van der Waals surface area contributed by atoms with Gasteiger partial charge in [-0.05, 0) is 64.5 Å². The van der Waals surface area contributed by atoms with Crippen LogP contribution in [-0.4, -0.2) is 4.98 Å². The van der Waals surface area contributed by atoms with E-state index < -0.39 is 0 Å². The molecule has 0 atom stereocenters. The molecular formula is C45H28N2O2. The molecule has 0 bridgehead atoms. The van der Waals surface area contributed by atoms with Gasteiger partial charge >= 0.3 is 0 Å². The number of fused-ring (bicyclic) bond motifs is 8. The molecule has 0 amide bonds. The van der Waals surface area contributed by atoms with Gasteiger partial charge in [0.1, 0.15) is 16.7 Å². The van der Waals surface area contributed by atoms with Crippen LogP contribution in [0.2, 0.25) is 0 Å². The van der Waals surface area contributed by atoms with Crippen LogP contribution in [0.15, 0.2) is 179 Å². The number of para-hydroxylation sites is 2. The van der Waals surface area contributed by atoms with Gasteiger partial charge in [-0.3, -0.25) is 0 Å². The smallest absolute Gasteiger partial charge is 0.227 e. The molecule has 0 saturated carbocycles. The molecule has 7 aromatic carbocycles. The minimum atomic E-state index is 0.647. The number of hydrogen-bond donors (Lipinski definition) is 0. The number of furan rings is 2. The second-order valence-corrected chi connectivity index (χ2v) is 12.4. The highest BCUT2D eigenvalue weighted by Crippen LogP contribution is 2.42. The molecule has 0 aliphatic carbocycles. The Labute approximate surface area is 282 Å². The summed E-state index contributed by atoms with van der Waals surface area (Å²) in [4.78, 5) is 6.94. The molecule has 3 heterocycles. The maximum atomic E-state index is 6.39. The summed E-state index contributed by atoms with van der Waals surface area (Å²) in [5.41, 5.74) is 10.9. The van der Waals surface area contributed by atoms with Gasteiger partial charge in [-0.2, -0.15) is 0 Å². The standard InChI is InChI=1S/C45H28N2O2/c1-2-9-29(10-3-1)30-17-21-33(22-18-30)47(35-25-26-40-42(27-35)49-45-43(40)36-12-5-4-11-32(36)28-46-45)34-23-19-31(20-24-34)37-14-8-15-39-38-13-6-7-16-41(38)48-44(37)39/h1-28H. The first-order chi connectivity index (χ1) is 24.3. The minimum Gasteiger partial charge on any atom is -0.455 e. The first-order valence-electron chi connectivity index (χ1n) is 16.4. The van der Waals surface area contributed by atoms with Crippen molar-refractivity contribution in [3.05, 3.63) is 170 Å². The third kappa shape index (κ3) is 4.49. The van der Waals surface area contributed by atoms with Gasteiger partial charge in [0.05, 0.1) is 5.39 Å². The number of aromatic nitrogens is 1. The SMILES string of the molecule is c1ccc(-c2ccc(N(c3ccc(-c4cccc5c4oc4ccccc45)cc3)c3ccc4c(c3)oc3ncc5ccccc5c34)cc2)cc1. The van der Waals surface area contributed by atoms with E-state index in [9.17, 15) is 0 Å². The van der Waals surface area contributed by atoms with Crippen LogP contribution in [0.5, 0.6) is 0 Å². The van der Waals surface area contributed by atoms with Gasteiger partial charge < -0.3 is 13.7 Å². The number of anilines is 3. The average Bonchev–Trinajstić information content (AvgIpc) is 3.74. The predicted molar refractivity (Wildman–Crippen MR) is 202 cm³/mol. The van der Waals surface area contributed by atoms with Crippen LogP contribution in [0.1, 0.15) is 0 Å². The first kappa shape index (κ1) is 27.5. The lowest BCUT2D eigenvalue weighted by molar-refractivity contribution is 0.654. The van der Waals surface area contributed by atoms with Crippen LogP contribution in [0.3, 0.4) is 0 Å². The Morgan fingerprint density at radius 1 is 0.429 bits per heavy atom. The van der Waals surface area contributed by atoms with Crippen LogP contribution >= 0.6 is 0 Å². The number of pyridine rings is 1. The summed E-state index contributed by atoms with van der Waals surface area (Å²) in [6.07, 6.45) is 1.88. The Morgan fingerprint density at radius 3 is 1.90 bits per heavy atom. The highest BCUT2D eigenvalue weighted by molar-refractivity contribution is 6.18. The molecule has 0 unspecified atom stereocenters. The zero-order chi connectivity index (χ0) is 32.3. The lowest BCUT2D eigenvalue weighted by Crippen LogP contribution is -2.09. The monoisotopic (exact) mass is 628 g/mol. The van der Waals surface area contributed by atoms with Gasteiger partial charge in [-0.15, -0.1) is 0 Å².